The normalized spacial score (nSPS) is 15.5. The lowest BCUT2D eigenvalue weighted by Gasteiger charge is -2.31. The molecule has 0 bridgehead atoms. The lowest BCUT2D eigenvalue weighted by atomic mass is 10.0. The van der Waals surface area contributed by atoms with Crippen molar-refractivity contribution in [3.05, 3.63) is 33.8 Å². The number of hydrogen-bond acceptors (Lipinski definition) is 3. The molecule has 1 aliphatic rings. The number of ether oxygens (including phenoxy) is 1. The summed E-state index contributed by atoms with van der Waals surface area (Å²) in [5.41, 5.74) is 0.475. The van der Waals surface area contributed by atoms with Gasteiger partial charge in [0.05, 0.1) is 16.7 Å². The van der Waals surface area contributed by atoms with E-state index in [1.807, 2.05) is 13.8 Å². The first kappa shape index (κ1) is 18.9. The van der Waals surface area contributed by atoms with Gasteiger partial charge in [-0.2, -0.15) is 0 Å². The van der Waals surface area contributed by atoms with Crippen molar-refractivity contribution < 1.29 is 14.3 Å². The van der Waals surface area contributed by atoms with E-state index in [0.717, 1.165) is 0 Å². The molecule has 0 atom stereocenters. The van der Waals surface area contributed by atoms with E-state index in [4.69, 9.17) is 27.9 Å². The Hall–Kier alpha value is -1.46. The highest BCUT2D eigenvalue weighted by atomic mass is 35.5. The maximum Gasteiger partial charge on any atom is 0.409 e. The van der Waals surface area contributed by atoms with E-state index in [0.29, 0.717) is 54.1 Å². The number of benzene rings is 1. The van der Waals surface area contributed by atoms with Crippen molar-refractivity contribution in [2.24, 2.45) is 5.92 Å². The fourth-order valence-corrected chi connectivity index (χ4v) is 2.74. The molecule has 0 spiro atoms. The van der Waals surface area contributed by atoms with Gasteiger partial charge in [-0.15, -0.1) is 0 Å². The number of likely N-dealkylation sites (tertiary alicyclic amines) is 1. The van der Waals surface area contributed by atoms with E-state index < -0.39 is 0 Å². The molecule has 1 aromatic carbocycles. The van der Waals surface area contributed by atoms with Gasteiger partial charge >= 0.3 is 6.09 Å². The number of carbonyl (C=O) groups excluding carboxylic acids is 2. The number of hydrogen-bond donors (Lipinski definition) is 1. The second kappa shape index (κ2) is 8.58. The lowest BCUT2D eigenvalue weighted by molar-refractivity contribution is 0.0785. The number of carbonyl (C=O) groups is 2. The average Bonchev–Trinajstić information content (AvgIpc) is 2.55. The predicted molar refractivity (Wildman–Crippen MR) is 94.7 cm³/mol. The molecule has 0 unspecified atom stereocenters. The van der Waals surface area contributed by atoms with Crippen LogP contribution in [0.4, 0.5) is 4.79 Å². The molecule has 1 aliphatic heterocycles. The summed E-state index contributed by atoms with van der Waals surface area (Å²) >= 11 is 11.8. The Morgan fingerprint density at radius 2 is 1.92 bits per heavy atom. The molecule has 0 aliphatic carbocycles. The number of amides is 2. The van der Waals surface area contributed by atoms with Gasteiger partial charge in [-0.3, -0.25) is 4.79 Å². The fraction of sp³-hybridized carbons (Fsp3) is 0.529. The summed E-state index contributed by atoms with van der Waals surface area (Å²) in [6, 6.07) is 4.83. The molecular weight excluding hydrogens is 351 g/mol. The van der Waals surface area contributed by atoms with Crippen LogP contribution >= 0.6 is 23.2 Å². The monoisotopic (exact) mass is 372 g/mol. The Morgan fingerprint density at radius 1 is 1.25 bits per heavy atom. The van der Waals surface area contributed by atoms with Gasteiger partial charge in [0, 0.05) is 24.7 Å². The van der Waals surface area contributed by atoms with E-state index in [1.54, 1.807) is 23.1 Å². The first-order valence-electron chi connectivity index (χ1n) is 8.04. The third kappa shape index (κ3) is 5.28. The molecule has 24 heavy (non-hydrogen) atoms. The highest BCUT2D eigenvalue weighted by Crippen LogP contribution is 2.23. The number of nitrogens with zero attached hydrogens (tertiary/aromatic N) is 1. The van der Waals surface area contributed by atoms with E-state index in [2.05, 4.69) is 5.32 Å². The van der Waals surface area contributed by atoms with Crippen LogP contribution in [0.15, 0.2) is 18.2 Å². The van der Waals surface area contributed by atoms with E-state index >= 15 is 0 Å². The van der Waals surface area contributed by atoms with Crippen LogP contribution in [0.25, 0.3) is 0 Å². The topological polar surface area (TPSA) is 58.6 Å². The molecule has 132 valence electrons. The van der Waals surface area contributed by atoms with Crippen LogP contribution in [0.1, 0.15) is 37.0 Å². The van der Waals surface area contributed by atoms with Gasteiger partial charge in [-0.1, -0.05) is 37.0 Å². The van der Waals surface area contributed by atoms with Gasteiger partial charge in [-0.05, 0) is 37.0 Å². The molecule has 1 saturated heterocycles. The highest BCUT2D eigenvalue weighted by molar-refractivity contribution is 6.42. The first-order valence-corrected chi connectivity index (χ1v) is 8.80. The first-order chi connectivity index (χ1) is 11.4. The molecule has 1 fully saturated rings. The summed E-state index contributed by atoms with van der Waals surface area (Å²) < 4.78 is 5.23. The molecule has 0 radical (unpaired) electrons. The molecule has 1 heterocycles. The van der Waals surface area contributed by atoms with Crippen LogP contribution in [0.5, 0.6) is 0 Å². The van der Waals surface area contributed by atoms with Crippen LogP contribution in [0.3, 0.4) is 0 Å². The third-order valence-corrected chi connectivity index (χ3v) is 4.55. The molecule has 7 heteroatoms. The van der Waals surface area contributed by atoms with Gasteiger partial charge in [0.1, 0.15) is 0 Å². The molecule has 1 N–H and O–H groups in total. The van der Waals surface area contributed by atoms with E-state index in [-0.39, 0.29) is 18.0 Å². The summed E-state index contributed by atoms with van der Waals surface area (Å²) in [5, 5.41) is 3.74. The number of nitrogens with one attached hydrogen (secondary N) is 1. The molecule has 0 aromatic heterocycles. The molecule has 5 nitrogen and oxygen atoms in total. The molecule has 1 aromatic rings. The Labute approximate surface area is 152 Å². The maximum atomic E-state index is 12.3. The SMILES string of the molecule is CC(C)COC(=O)N1CCC(NC(=O)c2ccc(Cl)c(Cl)c2)CC1. The van der Waals surface area contributed by atoms with Gasteiger partial charge in [0.15, 0.2) is 0 Å². The Morgan fingerprint density at radius 3 is 2.50 bits per heavy atom. The third-order valence-electron chi connectivity index (χ3n) is 3.81. The summed E-state index contributed by atoms with van der Waals surface area (Å²) in [6.45, 7) is 5.56. The zero-order valence-electron chi connectivity index (χ0n) is 13.9. The molecule has 2 rings (SSSR count). The minimum absolute atomic E-state index is 0.0288. The molecule has 0 saturated carbocycles. The largest absolute Gasteiger partial charge is 0.449 e. The van der Waals surface area contributed by atoms with Crippen LogP contribution < -0.4 is 5.32 Å². The van der Waals surface area contributed by atoms with Crippen LogP contribution in [-0.4, -0.2) is 42.6 Å². The fourth-order valence-electron chi connectivity index (χ4n) is 2.44. The van der Waals surface area contributed by atoms with Crippen molar-refractivity contribution >= 4 is 35.2 Å². The smallest absolute Gasteiger partial charge is 0.409 e. The minimum atomic E-state index is -0.280. The standard InChI is InChI=1S/C17H22Cl2N2O3/c1-11(2)10-24-17(23)21-7-5-13(6-8-21)20-16(22)12-3-4-14(18)15(19)9-12/h3-4,9,11,13H,5-8,10H2,1-2H3,(H,20,22). The second-order valence-corrected chi connectivity index (χ2v) is 7.15. The van der Waals surface area contributed by atoms with Crippen molar-refractivity contribution in [2.75, 3.05) is 19.7 Å². The zero-order valence-corrected chi connectivity index (χ0v) is 15.4. The highest BCUT2D eigenvalue weighted by Gasteiger charge is 2.25. The average molecular weight is 373 g/mol. The zero-order chi connectivity index (χ0) is 17.7. The van der Waals surface area contributed by atoms with E-state index in [1.165, 1.54) is 0 Å². The predicted octanol–water partition coefficient (Wildman–Crippen LogP) is 3.98. The van der Waals surface area contributed by atoms with Crippen molar-refractivity contribution in [1.82, 2.24) is 10.2 Å². The van der Waals surface area contributed by atoms with Crippen LogP contribution in [-0.2, 0) is 4.74 Å². The quantitative estimate of drug-likeness (QED) is 0.869. The second-order valence-electron chi connectivity index (χ2n) is 6.33. The van der Waals surface area contributed by atoms with Crippen LogP contribution in [0.2, 0.25) is 10.0 Å². The number of rotatable bonds is 4. The molecular formula is C17H22Cl2N2O3. The Kier molecular flexibility index (Phi) is 6.75. The van der Waals surface area contributed by atoms with E-state index in [9.17, 15) is 9.59 Å². The Balaban J connectivity index is 1.81. The number of piperidine rings is 1. The van der Waals surface area contributed by atoms with Gasteiger partial charge in [0.25, 0.3) is 5.91 Å². The summed E-state index contributed by atoms with van der Waals surface area (Å²) in [6.07, 6.45) is 1.12. The summed E-state index contributed by atoms with van der Waals surface area (Å²) in [7, 11) is 0. The summed E-state index contributed by atoms with van der Waals surface area (Å²) in [4.78, 5) is 25.8. The number of halogens is 2. The van der Waals surface area contributed by atoms with Crippen molar-refractivity contribution in [2.45, 2.75) is 32.7 Å². The van der Waals surface area contributed by atoms with Gasteiger partial charge in [0.2, 0.25) is 0 Å². The van der Waals surface area contributed by atoms with Crippen molar-refractivity contribution in [3.8, 4) is 0 Å². The van der Waals surface area contributed by atoms with Crippen molar-refractivity contribution in [1.29, 1.82) is 0 Å². The lowest BCUT2D eigenvalue weighted by Crippen LogP contribution is -2.46. The Bertz CT molecular complexity index is 599. The van der Waals surface area contributed by atoms with Gasteiger partial charge in [-0.25, -0.2) is 4.79 Å². The minimum Gasteiger partial charge on any atom is -0.449 e. The summed E-state index contributed by atoms with van der Waals surface area (Å²) in [5.74, 6) is 0.131. The van der Waals surface area contributed by atoms with Gasteiger partial charge < -0.3 is 15.0 Å². The van der Waals surface area contributed by atoms with Crippen molar-refractivity contribution in [3.63, 3.8) is 0 Å². The maximum absolute atomic E-state index is 12.3. The molecule has 2 amide bonds. The van der Waals surface area contributed by atoms with Crippen LogP contribution in [0, 0.1) is 5.92 Å².